The van der Waals surface area contributed by atoms with Crippen LogP contribution >= 0.6 is 11.8 Å². The molecule has 6 heteroatoms. The van der Waals surface area contributed by atoms with Crippen molar-refractivity contribution in [1.29, 1.82) is 0 Å². The average Bonchev–Trinajstić information content (AvgIpc) is 2.53. The maximum atomic E-state index is 12.0. The molecule has 1 atom stereocenters. The fraction of sp³-hybridized carbons (Fsp3) is 0.267. The number of thioether (sulfide) groups is 1. The van der Waals surface area contributed by atoms with Gasteiger partial charge in [-0.25, -0.2) is 9.97 Å². The summed E-state index contributed by atoms with van der Waals surface area (Å²) in [6.07, 6.45) is 3.96. The highest BCUT2D eigenvalue weighted by Gasteiger charge is 2.36. The van der Waals surface area contributed by atoms with Gasteiger partial charge in [0.2, 0.25) is 5.91 Å². The van der Waals surface area contributed by atoms with Crippen LogP contribution in [0.1, 0.15) is 12.0 Å². The zero-order valence-electron chi connectivity index (χ0n) is 11.8. The standard InChI is InChI=1S/C15H18N4OS/c1-17-15(13(16)20,12-6-3-2-4-7-12)8-11-21-14-18-9-5-10-19-14/h2-7,9-10,17H,8,11H2,1H3,(H2,16,20). The summed E-state index contributed by atoms with van der Waals surface area (Å²) in [7, 11) is 1.75. The molecule has 0 aliphatic heterocycles. The monoisotopic (exact) mass is 302 g/mol. The first-order valence-electron chi connectivity index (χ1n) is 6.63. The lowest BCUT2D eigenvalue weighted by molar-refractivity contribution is -0.124. The molecular weight excluding hydrogens is 284 g/mol. The molecule has 0 aliphatic rings. The predicted molar refractivity (Wildman–Crippen MR) is 83.7 cm³/mol. The molecule has 0 fully saturated rings. The van der Waals surface area contributed by atoms with Gasteiger partial charge >= 0.3 is 0 Å². The van der Waals surface area contributed by atoms with E-state index in [-0.39, 0.29) is 5.91 Å². The number of carbonyl (C=O) groups excluding carboxylic acids is 1. The Morgan fingerprint density at radius 1 is 1.24 bits per heavy atom. The number of rotatable bonds is 7. The van der Waals surface area contributed by atoms with Crippen LogP contribution in [0.3, 0.4) is 0 Å². The fourth-order valence-electron chi connectivity index (χ4n) is 2.18. The number of nitrogens with zero attached hydrogens (tertiary/aromatic N) is 2. The smallest absolute Gasteiger partial charge is 0.242 e. The Labute approximate surface area is 128 Å². The van der Waals surface area contributed by atoms with E-state index in [1.807, 2.05) is 30.3 Å². The third-order valence-electron chi connectivity index (χ3n) is 3.36. The highest BCUT2D eigenvalue weighted by Crippen LogP contribution is 2.27. The highest BCUT2D eigenvalue weighted by atomic mass is 32.2. The zero-order chi connectivity index (χ0) is 15.1. The molecule has 5 nitrogen and oxygen atoms in total. The van der Waals surface area contributed by atoms with E-state index in [0.29, 0.717) is 17.3 Å². The van der Waals surface area contributed by atoms with Gasteiger partial charge in [0.05, 0.1) is 0 Å². The molecule has 1 unspecified atom stereocenters. The van der Waals surface area contributed by atoms with Gasteiger partial charge in [0.15, 0.2) is 5.16 Å². The number of hydrogen-bond acceptors (Lipinski definition) is 5. The number of carbonyl (C=O) groups is 1. The maximum Gasteiger partial charge on any atom is 0.242 e. The third-order valence-corrected chi connectivity index (χ3v) is 4.24. The normalized spacial score (nSPS) is 13.6. The molecule has 0 radical (unpaired) electrons. The fourth-order valence-corrected chi connectivity index (χ4v) is 3.04. The maximum absolute atomic E-state index is 12.0. The van der Waals surface area contributed by atoms with E-state index in [9.17, 15) is 4.79 Å². The molecule has 0 aliphatic carbocycles. The molecule has 0 bridgehead atoms. The van der Waals surface area contributed by atoms with Crippen LogP contribution in [-0.2, 0) is 10.3 Å². The first kappa shape index (κ1) is 15.5. The van der Waals surface area contributed by atoms with E-state index in [4.69, 9.17) is 5.73 Å². The predicted octanol–water partition coefficient (Wildman–Crippen LogP) is 1.56. The van der Waals surface area contributed by atoms with Gasteiger partial charge in [-0.1, -0.05) is 42.1 Å². The molecule has 2 aromatic rings. The molecule has 0 saturated heterocycles. The number of likely N-dealkylation sites (N-methyl/N-ethyl adjacent to an activating group) is 1. The quantitative estimate of drug-likeness (QED) is 0.599. The average molecular weight is 302 g/mol. The second-order valence-corrected chi connectivity index (χ2v) is 5.58. The Morgan fingerprint density at radius 3 is 2.48 bits per heavy atom. The highest BCUT2D eigenvalue weighted by molar-refractivity contribution is 7.99. The van der Waals surface area contributed by atoms with Crippen molar-refractivity contribution in [1.82, 2.24) is 15.3 Å². The SMILES string of the molecule is CNC(CCSc1ncccn1)(C(N)=O)c1ccccc1. The topological polar surface area (TPSA) is 80.9 Å². The molecule has 1 amide bonds. The van der Waals surface area contributed by atoms with Gasteiger partial charge in [-0.2, -0.15) is 0 Å². The third kappa shape index (κ3) is 3.59. The Kier molecular flexibility index (Phi) is 5.30. The Balaban J connectivity index is 2.12. The minimum absolute atomic E-state index is 0.384. The van der Waals surface area contributed by atoms with Crippen LogP contribution in [0, 0.1) is 0 Å². The largest absolute Gasteiger partial charge is 0.368 e. The summed E-state index contributed by atoms with van der Waals surface area (Å²) in [6.45, 7) is 0. The van der Waals surface area contributed by atoms with Crippen molar-refractivity contribution in [3.63, 3.8) is 0 Å². The van der Waals surface area contributed by atoms with Crippen molar-refractivity contribution in [3.05, 3.63) is 54.4 Å². The number of amides is 1. The summed E-state index contributed by atoms with van der Waals surface area (Å²) in [6, 6.07) is 11.3. The first-order chi connectivity index (χ1) is 10.2. The minimum Gasteiger partial charge on any atom is -0.368 e. The number of nitrogens with one attached hydrogen (secondary N) is 1. The summed E-state index contributed by atoms with van der Waals surface area (Å²) in [5.74, 6) is 0.300. The number of benzene rings is 1. The lowest BCUT2D eigenvalue weighted by Gasteiger charge is -2.30. The van der Waals surface area contributed by atoms with Crippen molar-refractivity contribution in [3.8, 4) is 0 Å². The molecule has 0 saturated carbocycles. The van der Waals surface area contributed by atoms with Gasteiger partial charge in [-0.05, 0) is 25.1 Å². The van der Waals surface area contributed by atoms with E-state index >= 15 is 0 Å². The lowest BCUT2D eigenvalue weighted by atomic mass is 9.86. The Morgan fingerprint density at radius 2 is 1.90 bits per heavy atom. The number of primary amides is 1. The summed E-state index contributed by atoms with van der Waals surface area (Å²) in [4.78, 5) is 20.3. The zero-order valence-corrected chi connectivity index (χ0v) is 12.6. The Hall–Kier alpha value is -1.92. The van der Waals surface area contributed by atoms with Crippen molar-refractivity contribution < 1.29 is 4.79 Å². The molecule has 2 rings (SSSR count). The van der Waals surface area contributed by atoms with E-state index in [0.717, 1.165) is 5.56 Å². The van der Waals surface area contributed by atoms with Crippen molar-refractivity contribution in [2.45, 2.75) is 17.1 Å². The number of hydrogen-bond donors (Lipinski definition) is 2. The molecule has 21 heavy (non-hydrogen) atoms. The van der Waals surface area contributed by atoms with E-state index in [1.165, 1.54) is 11.8 Å². The van der Waals surface area contributed by atoms with Crippen LogP contribution < -0.4 is 11.1 Å². The van der Waals surface area contributed by atoms with Gasteiger partial charge in [0.25, 0.3) is 0 Å². The van der Waals surface area contributed by atoms with Gasteiger partial charge in [0, 0.05) is 18.1 Å². The lowest BCUT2D eigenvalue weighted by Crippen LogP contribution is -2.51. The van der Waals surface area contributed by atoms with Crippen LogP contribution in [0.15, 0.2) is 53.9 Å². The Bertz CT molecular complexity index is 579. The summed E-state index contributed by atoms with van der Waals surface area (Å²) >= 11 is 1.50. The van der Waals surface area contributed by atoms with Crippen LogP contribution in [-0.4, -0.2) is 28.7 Å². The second kappa shape index (κ2) is 7.19. The summed E-state index contributed by atoms with van der Waals surface area (Å²) in [5.41, 5.74) is 5.65. The second-order valence-electron chi connectivity index (χ2n) is 4.52. The minimum atomic E-state index is -0.872. The van der Waals surface area contributed by atoms with Gasteiger partial charge in [-0.3, -0.25) is 4.79 Å². The summed E-state index contributed by atoms with van der Waals surface area (Å²) in [5, 5.41) is 3.78. The molecule has 1 aromatic carbocycles. The molecule has 1 heterocycles. The van der Waals surface area contributed by atoms with Gasteiger partial charge in [0.1, 0.15) is 5.54 Å². The van der Waals surface area contributed by atoms with Gasteiger partial charge in [-0.15, -0.1) is 0 Å². The number of nitrogens with two attached hydrogens (primary N) is 1. The molecular formula is C15H18N4OS. The van der Waals surface area contributed by atoms with Crippen LogP contribution in [0.2, 0.25) is 0 Å². The van der Waals surface area contributed by atoms with Crippen LogP contribution in [0.25, 0.3) is 0 Å². The summed E-state index contributed by atoms with van der Waals surface area (Å²) < 4.78 is 0. The van der Waals surface area contributed by atoms with Crippen LogP contribution in [0.5, 0.6) is 0 Å². The number of aromatic nitrogens is 2. The van der Waals surface area contributed by atoms with Crippen molar-refractivity contribution in [2.75, 3.05) is 12.8 Å². The van der Waals surface area contributed by atoms with Gasteiger partial charge < -0.3 is 11.1 Å². The van der Waals surface area contributed by atoms with E-state index in [2.05, 4.69) is 15.3 Å². The van der Waals surface area contributed by atoms with Crippen molar-refractivity contribution in [2.24, 2.45) is 5.73 Å². The molecule has 0 spiro atoms. The van der Waals surface area contributed by atoms with E-state index < -0.39 is 5.54 Å². The molecule has 1 aromatic heterocycles. The molecule has 3 N–H and O–H groups in total. The molecule has 110 valence electrons. The first-order valence-corrected chi connectivity index (χ1v) is 7.62. The van der Waals surface area contributed by atoms with Crippen molar-refractivity contribution >= 4 is 17.7 Å². The van der Waals surface area contributed by atoms with E-state index in [1.54, 1.807) is 25.5 Å². The van der Waals surface area contributed by atoms with Crippen LogP contribution in [0.4, 0.5) is 0 Å².